The highest BCUT2D eigenvalue weighted by Crippen LogP contribution is 2.01. The average Bonchev–Trinajstić information content (AvgIpc) is 2.12. The van der Waals surface area contributed by atoms with Crippen molar-refractivity contribution in [3.05, 3.63) is 0 Å². The Kier molecular flexibility index (Phi) is 7.63. The van der Waals surface area contributed by atoms with Crippen molar-refractivity contribution < 1.29 is 9.53 Å². The van der Waals surface area contributed by atoms with Crippen molar-refractivity contribution in [2.24, 2.45) is 11.7 Å². The van der Waals surface area contributed by atoms with E-state index >= 15 is 0 Å². The van der Waals surface area contributed by atoms with E-state index in [0.717, 1.165) is 12.8 Å². The summed E-state index contributed by atoms with van der Waals surface area (Å²) in [7, 11) is 1.51. The molecule has 0 rings (SSSR count). The van der Waals surface area contributed by atoms with Crippen LogP contribution >= 0.6 is 0 Å². The standard InChI is InChI=1S/C9H20N2O2/c1-8(6-10)4-3-5-11-9(12)7-13-2/h8H,3-7,10H2,1-2H3,(H,11,12). The number of amides is 1. The molecule has 0 radical (unpaired) electrons. The van der Waals surface area contributed by atoms with Crippen molar-refractivity contribution in [1.29, 1.82) is 0 Å². The molecular formula is C9H20N2O2. The Morgan fingerprint density at radius 2 is 2.31 bits per heavy atom. The molecule has 0 fully saturated rings. The summed E-state index contributed by atoms with van der Waals surface area (Å²) in [4.78, 5) is 10.9. The Bertz CT molecular complexity index is 140. The second kappa shape index (κ2) is 8.01. The van der Waals surface area contributed by atoms with Gasteiger partial charge < -0.3 is 15.8 Å². The smallest absolute Gasteiger partial charge is 0.245 e. The van der Waals surface area contributed by atoms with E-state index in [4.69, 9.17) is 5.73 Å². The third-order valence-corrected chi connectivity index (χ3v) is 1.87. The van der Waals surface area contributed by atoms with Crippen LogP contribution in [0.1, 0.15) is 19.8 Å². The molecule has 78 valence electrons. The summed E-state index contributed by atoms with van der Waals surface area (Å²) in [6, 6.07) is 0. The van der Waals surface area contributed by atoms with E-state index in [1.165, 1.54) is 7.11 Å². The molecule has 0 aliphatic heterocycles. The molecule has 0 aliphatic carbocycles. The highest BCUT2D eigenvalue weighted by atomic mass is 16.5. The predicted molar refractivity (Wildman–Crippen MR) is 52.3 cm³/mol. The summed E-state index contributed by atoms with van der Waals surface area (Å²) in [6.45, 7) is 3.68. The summed E-state index contributed by atoms with van der Waals surface area (Å²) >= 11 is 0. The molecular weight excluding hydrogens is 168 g/mol. The molecule has 0 saturated heterocycles. The maximum Gasteiger partial charge on any atom is 0.245 e. The monoisotopic (exact) mass is 188 g/mol. The number of hydrogen-bond acceptors (Lipinski definition) is 3. The highest BCUT2D eigenvalue weighted by Gasteiger charge is 2.00. The molecule has 0 heterocycles. The maximum absolute atomic E-state index is 10.9. The zero-order chi connectivity index (χ0) is 10.1. The van der Waals surface area contributed by atoms with Crippen molar-refractivity contribution in [3.8, 4) is 0 Å². The third-order valence-electron chi connectivity index (χ3n) is 1.87. The van der Waals surface area contributed by atoms with E-state index in [0.29, 0.717) is 19.0 Å². The van der Waals surface area contributed by atoms with Gasteiger partial charge in [0, 0.05) is 13.7 Å². The van der Waals surface area contributed by atoms with Crippen LogP contribution in [0.2, 0.25) is 0 Å². The summed E-state index contributed by atoms with van der Waals surface area (Å²) in [5.41, 5.74) is 5.45. The summed E-state index contributed by atoms with van der Waals surface area (Å²) in [5.74, 6) is 0.488. The summed E-state index contributed by atoms with van der Waals surface area (Å²) < 4.78 is 4.67. The fraction of sp³-hybridized carbons (Fsp3) is 0.889. The van der Waals surface area contributed by atoms with Crippen LogP contribution in [0.25, 0.3) is 0 Å². The van der Waals surface area contributed by atoms with Crippen molar-refractivity contribution in [2.75, 3.05) is 26.8 Å². The van der Waals surface area contributed by atoms with Crippen LogP contribution in [0.15, 0.2) is 0 Å². The van der Waals surface area contributed by atoms with Gasteiger partial charge in [0.15, 0.2) is 0 Å². The third kappa shape index (κ3) is 7.74. The second-order valence-corrected chi connectivity index (χ2v) is 3.27. The van der Waals surface area contributed by atoms with E-state index in [2.05, 4.69) is 17.0 Å². The van der Waals surface area contributed by atoms with Crippen LogP contribution in [0.5, 0.6) is 0 Å². The van der Waals surface area contributed by atoms with Gasteiger partial charge in [0.2, 0.25) is 5.91 Å². The number of rotatable bonds is 7. The minimum Gasteiger partial charge on any atom is -0.375 e. The first-order chi connectivity index (χ1) is 6.20. The van der Waals surface area contributed by atoms with Crippen molar-refractivity contribution in [2.45, 2.75) is 19.8 Å². The molecule has 0 aromatic heterocycles. The topological polar surface area (TPSA) is 64.3 Å². The zero-order valence-corrected chi connectivity index (χ0v) is 8.51. The lowest BCUT2D eigenvalue weighted by molar-refractivity contribution is -0.124. The molecule has 0 aromatic rings. The molecule has 0 aromatic carbocycles. The van der Waals surface area contributed by atoms with E-state index in [9.17, 15) is 4.79 Å². The van der Waals surface area contributed by atoms with Gasteiger partial charge in [0.25, 0.3) is 0 Å². The van der Waals surface area contributed by atoms with Crippen molar-refractivity contribution in [3.63, 3.8) is 0 Å². The first-order valence-electron chi connectivity index (χ1n) is 4.66. The normalized spacial score (nSPS) is 12.5. The molecule has 4 nitrogen and oxygen atoms in total. The molecule has 13 heavy (non-hydrogen) atoms. The quantitative estimate of drug-likeness (QED) is 0.558. The molecule has 0 saturated carbocycles. The Labute approximate surface area is 79.8 Å². The molecule has 0 aliphatic rings. The molecule has 0 spiro atoms. The van der Waals surface area contributed by atoms with Gasteiger partial charge in [-0.1, -0.05) is 6.92 Å². The number of carbonyl (C=O) groups excluding carboxylic acids is 1. The van der Waals surface area contributed by atoms with E-state index < -0.39 is 0 Å². The van der Waals surface area contributed by atoms with Crippen LogP contribution in [0, 0.1) is 5.92 Å². The first-order valence-corrected chi connectivity index (χ1v) is 4.66. The molecule has 1 unspecified atom stereocenters. The van der Waals surface area contributed by atoms with Gasteiger partial charge in [0.05, 0.1) is 0 Å². The molecule has 0 bridgehead atoms. The van der Waals surface area contributed by atoms with Crippen LogP contribution in [-0.2, 0) is 9.53 Å². The minimum absolute atomic E-state index is 0.0529. The van der Waals surface area contributed by atoms with E-state index in [1.807, 2.05) is 0 Å². The van der Waals surface area contributed by atoms with Gasteiger partial charge in [-0.3, -0.25) is 4.79 Å². The fourth-order valence-electron chi connectivity index (χ4n) is 0.978. The van der Waals surface area contributed by atoms with Gasteiger partial charge in [0.1, 0.15) is 6.61 Å². The van der Waals surface area contributed by atoms with Crippen LogP contribution in [-0.4, -0.2) is 32.7 Å². The van der Waals surface area contributed by atoms with Crippen LogP contribution < -0.4 is 11.1 Å². The average molecular weight is 188 g/mol. The molecule has 4 heteroatoms. The maximum atomic E-state index is 10.9. The number of methoxy groups -OCH3 is 1. The number of hydrogen-bond donors (Lipinski definition) is 2. The number of ether oxygens (including phenoxy) is 1. The van der Waals surface area contributed by atoms with E-state index in [-0.39, 0.29) is 12.5 Å². The lowest BCUT2D eigenvalue weighted by Crippen LogP contribution is -2.28. The molecule has 3 N–H and O–H groups in total. The van der Waals surface area contributed by atoms with Gasteiger partial charge in [-0.05, 0) is 25.3 Å². The Morgan fingerprint density at radius 3 is 2.85 bits per heavy atom. The number of nitrogens with one attached hydrogen (secondary N) is 1. The fourth-order valence-corrected chi connectivity index (χ4v) is 0.978. The lowest BCUT2D eigenvalue weighted by Gasteiger charge is -2.08. The summed E-state index contributed by atoms with van der Waals surface area (Å²) in [5, 5.41) is 2.76. The number of nitrogens with two attached hydrogens (primary N) is 1. The van der Waals surface area contributed by atoms with Crippen molar-refractivity contribution >= 4 is 5.91 Å². The van der Waals surface area contributed by atoms with Crippen LogP contribution in [0.4, 0.5) is 0 Å². The lowest BCUT2D eigenvalue weighted by atomic mass is 10.1. The number of carbonyl (C=O) groups is 1. The SMILES string of the molecule is COCC(=O)NCCCC(C)CN. The molecule has 1 amide bonds. The van der Waals surface area contributed by atoms with Gasteiger partial charge in [-0.25, -0.2) is 0 Å². The minimum atomic E-state index is -0.0529. The van der Waals surface area contributed by atoms with Gasteiger partial charge in [-0.15, -0.1) is 0 Å². The van der Waals surface area contributed by atoms with Crippen LogP contribution in [0.3, 0.4) is 0 Å². The largest absolute Gasteiger partial charge is 0.375 e. The second-order valence-electron chi connectivity index (χ2n) is 3.27. The highest BCUT2D eigenvalue weighted by molar-refractivity contribution is 5.77. The first kappa shape index (κ1) is 12.4. The Hall–Kier alpha value is -0.610. The molecule has 1 atom stereocenters. The zero-order valence-electron chi connectivity index (χ0n) is 8.51. The Morgan fingerprint density at radius 1 is 1.62 bits per heavy atom. The summed E-state index contributed by atoms with van der Waals surface area (Å²) in [6.07, 6.45) is 2.04. The van der Waals surface area contributed by atoms with Gasteiger partial charge in [-0.2, -0.15) is 0 Å². The van der Waals surface area contributed by atoms with Crippen molar-refractivity contribution in [1.82, 2.24) is 5.32 Å². The Balaban J connectivity index is 3.20. The predicted octanol–water partition coefficient (Wildman–Crippen LogP) is 0.124. The van der Waals surface area contributed by atoms with Gasteiger partial charge >= 0.3 is 0 Å². The van der Waals surface area contributed by atoms with E-state index in [1.54, 1.807) is 0 Å².